The Morgan fingerprint density at radius 2 is 2.05 bits per heavy atom. The summed E-state index contributed by atoms with van der Waals surface area (Å²) in [6.45, 7) is 2.34. The molecule has 22 heavy (non-hydrogen) atoms. The van der Waals surface area contributed by atoms with Crippen LogP contribution in [0.25, 0.3) is 10.2 Å². The Morgan fingerprint density at radius 3 is 2.68 bits per heavy atom. The molecule has 0 aliphatic heterocycles. The zero-order valence-electron chi connectivity index (χ0n) is 12.3. The van der Waals surface area contributed by atoms with Crippen molar-refractivity contribution in [1.29, 1.82) is 0 Å². The zero-order valence-corrected chi connectivity index (χ0v) is 13.1. The highest BCUT2D eigenvalue weighted by Crippen LogP contribution is 2.32. The van der Waals surface area contributed by atoms with Gasteiger partial charge in [0, 0.05) is 11.9 Å². The number of aryl methyl sites for hydroxylation is 2. The number of hydrogen-bond donors (Lipinski definition) is 1. The lowest BCUT2D eigenvalue weighted by Crippen LogP contribution is -2.39. The molecule has 1 N–H and O–H groups in total. The summed E-state index contributed by atoms with van der Waals surface area (Å²) in [6.07, 6.45) is -3.04. The molecule has 0 spiro atoms. The molecule has 0 aliphatic rings. The van der Waals surface area contributed by atoms with E-state index in [1.807, 2.05) is 13.8 Å². The van der Waals surface area contributed by atoms with E-state index in [4.69, 9.17) is 0 Å². The molecule has 120 valence electrons. The first-order valence-corrected chi connectivity index (χ1v) is 7.26. The second kappa shape index (κ2) is 6.07. The average molecular weight is 332 g/mol. The minimum atomic E-state index is -4.41. The van der Waals surface area contributed by atoms with Gasteiger partial charge in [0.05, 0.1) is 11.9 Å². The Hall–Kier alpha value is -1.90. The number of carbonyl (C=O) groups is 1. The summed E-state index contributed by atoms with van der Waals surface area (Å²) >= 11 is 1.51. The Kier molecular flexibility index (Phi) is 4.55. The summed E-state index contributed by atoms with van der Waals surface area (Å²) in [7, 11) is 1.12. The van der Waals surface area contributed by atoms with Gasteiger partial charge >= 0.3 is 6.18 Å². The molecule has 0 aliphatic carbocycles. The molecule has 0 saturated heterocycles. The number of fused-ring (bicyclic) bond motifs is 1. The molecule has 0 atom stereocenters. The molecule has 0 aromatic carbocycles. The van der Waals surface area contributed by atoms with Gasteiger partial charge in [-0.2, -0.15) is 13.2 Å². The number of amides is 1. The lowest BCUT2D eigenvalue weighted by Gasteiger charge is -2.19. The molecule has 0 fully saturated rings. The topological polar surface area (TPSA) is 58.1 Å². The van der Waals surface area contributed by atoms with Crippen molar-refractivity contribution in [3.63, 3.8) is 0 Å². The van der Waals surface area contributed by atoms with E-state index < -0.39 is 18.6 Å². The summed E-state index contributed by atoms with van der Waals surface area (Å²) < 4.78 is 36.8. The van der Waals surface area contributed by atoms with Crippen molar-refractivity contribution in [1.82, 2.24) is 14.9 Å². The lowest BCUT2D eigenvalue weighted by molar-refractivity contribution is -0.157. The summed E-state index contributed by atoms with van der Waals surface area (Å²) in [5.74, 6) is -0.200. The Labute approximate surface area is 129 Å². The summed E-state index contributed by atoms with van der Waals surface area (Å²) in [5.41, 5.74) is 0.999. The first-order chi connectivity index (χ1) is 10.2. The van der Waals surface area contributed by atoms with E-state index in [9.17, 15) is 18.0 Å². The maximum Gasteiger partial charge on any atom is 0.406 e. The van der Waals surface area contributed by atoms with Gasteiger partial charge < -0.3 is 10.2 Å². The van der Waals surface area contributed by atoms with Crippen molar-refractivity contribution in [2.75, 3.05) is 25.5 Å². The summed E-state index contributed by atoms with van der Waals surface area (Å²) in [6, 6.07) is 0. The lowest BCUT2D eigenvalue weighted by atomic mass is 10.2. The Balaban J connectivity index is 2.11. The van der Waals surface area contributed by atoms with Crippen LogP contribution in [0.4, 0.5) is 19.0 Å². The quantitative estimate of drug-likeness (QED) is 0.935. The van der Waals surface area contributed by atoms with Crippen LogP contribution in [0, 0.1) is 13.8 Å². The number of carbonyl (C=O) groups excluding carboxylic acids is 1. The molecule has 0 bridgehead atoms. The van der Waals surface area contributed by atoms with Gasteiger partial charge in [-0.15, -0.1) is 11.3 Å². The smallest absolute Gasteiger partial charge is 0.360 e. The van der Waals surface area contributed by atoms with Crippen molar-refractivity contribution in [3.8, 4) is 0 Å². The largest absolute Gasteiger partial charge is 0.406 e. The predicted octanol–water partition coefficient (Wildman–Crippen LogP) is 2.74. The fourth-order valence-electron chi connectivity index (χ4n) is 1.97. The summed E-state index contributed by atoms with van der Waals surface area (Å²) in [5, 5.41) is 3.61. The molecule has 2 aromatic heterocycles. The second-order valence-corrected chi connectivity index (χ2v) is 6.11. The fourth-order valence-corrected chi connectivity index (χ4v) is 2.96. The fraction of sp³-hybridized carbons (Fsp3) is 0.462. The molecule has 9 heteroatoms. The monoisotopic (exact) mass is 332 g/mol. The molecular formula is C13H15F3N4OS. The highest BCUT2D eigenvalue weighted by Gasteiger charge is 2.31. The second-order valence-electron chi connectivity index (χ2n) is 4.90. The highest BCUT2D eigenvalue weighted by atomic mass is 32.1. The van der Waals surface area contributed by atoms with Crippen LogP contribution >= 0.6 is 11.3 Å². The van der Waals surface area contributed by atoms with Crippen LogP contribution in [0.5, 0.6) is 0 Å². The third-order valence-corrected chi connectivity index (χ3v) is 4.33. The number of anilines is 1. The van der Waals surface area contributed by atoms with E-state index in [-0.39, 0.29) is 6.54 Å². The Morgan fingerprint density at radius 1 is 1.36 bits per heavy atom. The number of nitrogens with one attached hydrogen (secondary N) is 1. The average Bonchev–Trinajstić information content (AvgIpc) is 2.70. The number of likely N-dealkylation sites (N-methyl/N-ethyl adjacent to an activating group) is 1. The SMILES string of the molecule is Cc1sc2ncnc(NCC(=O)N(C)CC(F)(F)F)c2c1C. The number of nitrogens with zero attached hydrogens (tertiary/aromatic N) is 3. The van der Waals surface area contributed by atoms with E-state index >= 15 is 0 Å². The predicted molar refractivity (Wildman–Crippen MR) is 79.1 cm³/mol. The third-order valence-electron chi connectivity index (χ3n) is 3.21. The van der Waals surface area contributed by atoms with E-state index in [2.05, 4.69) is 15.3 Å². The molecular weight excluding hydrogens is 317 g/mol. The van der Waals surface area contributed by atoms with Crippen LogP contribution in [0.3, 0.4) is 0 Å². The number of aromatic nitrogens is 2. The van der Waals surface area contributed by atoms with Crippen LogP contribution in [-0.4, -0.2) is 47.1 Å². The van der Waals surface area contributed by atoms with E-state index in [0.29, 0.717) is 10.7 Å². The summed E-state index contributed by atoms with van der Waals surface area (Å²) in [4.78, 5) is 22.5. The number of hydrogen-bond acceptors (Lipinski definition) is 5. The molecule has 5 nitrogen and oxygen atoms in total. The van der Waals surface area contributed by atoms with Gasteiger partial charge in [0.25, 0.3) is 0 Å². The number of alkyl halides is 3. The first-order valence-electron chi connectivity index (χ1n) is 6.44. The maximum atomic E-state index is 12.3. The molecule has 0 radical (unpaired) electrons. The van der Waals surface area contributed by atoms with Crippen LogP contribution in [0.2, 0.25) is 0 Å². The van der Waals surface area contributed by atoms with E-state index in [0.717, 1.165) is 27.7 Å². The van der Waals surface area contributed by atoms with Crippen LogP contribution in [0.15, 0.2) is 6.33 Å². The molecule has 0 saturated carbocycles. The standard InChI is InChI=1S/C13H15F3N4OS/c1-7-8(2)22-12-10(7)11(18-6-19-12)17-4-9(21)20(3)5-13(14,15)16/h6H,4-5H2,1-3H3,(H,17,18,19). The zero-order chi connectivity index (χ0) is 16.5. The third kappa shape index (κ3) is 3.65. The normalized spacial score (nSPS) is 11.7. The van der Waals surface area contributed by atoms with Gasteiger partial charge in [0.1, 0.15) is 23.5 Å². The van der Waals surface area contributed by atoms with Gasteiger partial charge in [0.2, 0.25) is 5.91 Å². The molecule has 2 aromatic rings. The van der Waals surface area contributed by atoms with Crippen molar-refractivity contribution < 1.29 is 18.0 Å². The van der Waals surface area contributed by atoms with Gasteiger partial charge in [-0.25, -0.2) is 9.97 Å². The van der Waals surface area contributed by atoms with Gasteiger partial charge in [0.15, 0.2) is 0 Å². The van der Waals surface area contributed by atoms with Crippen LogP contribution < -0.4 is 5.32 Å². The van der Waals surface area contributed by atoms with E-state index in [1.54, 1.807) is 0 Å². The molecule has 2 heterocycles. The molecule has 2 rings (SSSR count). The van der Waals surface area contributed by atoms with Crippen LogP contribution in [-0.2, 0) is 4.79 Å². The number of thiophene rings is 1. The minimum absolute atomic E-state index is 0.257. The van der Waals surface area contributed by atoms with Gasteiger partial charge in [-0.3, -0.25) is 4.79 Å². The maximum absolute atomic E-state index is 12.3. The van der Waals surface area contributed by atoms with Crippen molar-refractivity contribution in [3.05, 3.63) is 16.8 Å². The highest BCUT2D eigenvalue weighted by molar-refractivity contribution is 7.18. The molecule has 1 amide bonds. The minimum Gasteiger partial charge on any atom is -0.360 e. The number of halogens is 3. The first kappa shape index (κ1) is 16.5. The van der Waals surface area contributed by atoms with E-state index in [1.165, 1.54) is 17.7 Å². The van der Waals surface area contributed by atoms with Gasteiger partial charge in [-0.1, -0.05) is 0 Å². The van der Waals surface area contributed by atoms with Crippen molar-refractivity contribution >= 4 is 33.3 Å². The Bertz CT molecular complexity index is 698. The van der Waals surface area contributed by atoms with Crippen molar-refractivity contribution in [2.24, 2.45) is 0 Å². The van der Waals surface area contributed by atoms with Crippen molar-refractivity contribution in [2.45, 2.75) is 20.0 Å². The molecule has 0 unspecified atom stereocenters. The van der Waals surface area contributed by atoms with Gasteiger partial charge in [-0.05, 0) is 19.4 Å². The van der Waals surface area contributed by atoms with Crippen LogP contribution in [0.1, 0.15) is 10.4 Å². The number of rotatable bonds is 4.